The van der Waals surface area contributed by atoms with Gasteiger partial charge in [0.05, 0.1) is 6.61 Å². The van der Waals surface area contributed by atoms with Crippen LogP contribution < -0.4 is 0 Å². The second-order valence-corrected chi connectivity index (χ2v) is 3.98. The zero-order chi connectivity index (χ0) is 12.0. The van der Waals surface area contributed by atoms with Crippen LogP contribution in [-0.4, -0.2) is 24.0 Å². The molecule has 0 radical (unpaired) electrons. The van der Waals surface area contributed by atoms with E-state index in [0.717, 1.165) is 5.56 Å². The smallest absolute Gasteiger partial charge is 0.434 e. The van der Waals surface area contributed by atoms with Gasteiger partial charge in [0.1, 0.15) is 5.04 Å². The van der Waals surface area contributed by atoms with E-state index in [1.165, 1.54) is 17.3 Å². The molecule has 3 nitrogen and oxygen atoms in total. The molecule has 0 fully saturated rings. The summed E-state index contributed by atoms with van der Waals surface area (Å²) in [6.45, 7) is 4.13. The molecule has 86 valence electrons. The third-order valence-electron chi connectivity index (χ3n) is 1.95. The first-order valence-corrected chi connectivity index (χ1v) is 6.26. The maximum Gasteiger partial charge on any atom is 0.434 e. The lowest BCUT2D eigenvalue weighted by molar-refractivity contribution is 0.163. The number of hydrogen-bond acceptors (Lipinski definition) is 3. The fourth-order valence-electron chi connectivity index (χ4n) is 1.16. The highest BCUT2D eigenvalue weighted by atomic mass is 32.2. The molecule has 16 heavy (non-hydrogen) atoms. The summed E-state index contributed by atoms with van der Waals surface area (Å²) in [5, 5.41) is 0.679. The minimum Gasteiger partial charge on any atom is -0.448 e. The Balaban J connectivity index is 2.89. The molecule has 0 heterocycles. The van der Waals surface area contributed by atoms with Gasteiger partial charge in [-0.15, -0.1) is 11.8 Å². The monoisotopic (exact) mass is 237 g/mol. The molecule has 0 aromatic heterocycles. The minimum absolute atomic E-state index is 0.345. The van der Waals surface area contributed by atoms with Gasteiger partial charge < -0.3 is 4.74 Å². The van der Waals surface area contributed by atoms with Crippen LogP contribution in [0.2, 0.25) is 0 Å². The molecule has 0 aliphatic heterocycles. The van der Waals surface area contributed by atoms with Crippen LogP contribution in [0, 0.1) is 6.92 Å². The normalized spacial score (nSPS) is 11.3. The summed E-state index contributed by atoms with van der Waals surface area (Å²) in [6, 6.07) is 7.88. The number of rotatable bonds is 2. The van der Waals surface area contributed by atoms with Gasteiger partial charge >= 0.3 is 6.09 Å². The molecule has 4 heteroatoms. The van der Waals surface area contributed by atoms with Gasteiger partial charge in [0.2, 0.25) is 0 Å². The van der Waals surface area contributed by atoms with E-state index in [0.29, 0.717) is 11.7 Å². The van der Waals surface area contributed by atoms with Crippen LogP contribution in [0.1, 0.15) is 18.1 Å². The second kappa shape index (κ2) is 6.33. The Kier molecular flexibility index (Phi) is 5.05. The zero-order valence-corrected chi connectivity index (χ0v) is 10.5. The van der Waals surface area contributed by atoms with Crippen LogP contribution >= 0.6 is 11.8 Å². The Hall–Kier alpha value is -1.29. The molecule has 0 aliphatic carbocycles. The Morgan fingerprint density at radius 3 is 2.50 bits per heavy atom. The number of carbonyl (C=O) groups is 1. The first-order chi connectivity index (χ1) is 7.67. The van der Waals surface area contributed by atoms with Crippen LogP contribution in [0.5, 0.6) is 0 Å². The molecule has 1 aromatic rings. The van der Waals surface area contributed by atoms with Gasteiger partial charge in [-0.25, -0.2) is 4.79 Å². The van der Waals surface area contributed by atoms with E-state index in [4.69, 9.17) is 4.74 Å². The van der Waals surface area contributed by atoms with E-state index >= 15 is 0 Å². The van der Waals surface area contributed by atoms with Crippen LogP contribution in [-0.2, 0) is 4.74 Å². The lowest BCUT2D eigenvalue weighted by Crippen LogP contribution is -2.03. The van der Waals surface area contributed by atoms with Crippen LogP contribution in [0.15, 0.2) is 29.3 Å². The largest absolute Gasteiger partial charge is 0.448 e. The van der Waals surface area contributed by atoms with E-state index in [9.17, 15) is 4.79 Å². The second-order valence-electron chi connectivity index (χ2n) is 3.19. The maximum absolute atomic E-state index is 11.2. The molecule has 0 bridgehead atoms. The van der Waals surface area contributed by atoms with Crippen LogP contribution in [0.25, 0.3) is 0 Å². The van der Waals surface area contributed by atoms with E-state index in [1.807, 2.05) is 37.4 Å². The van der Waals surface area contributed by atoms with Crippen molar-refractivity contribution in [3.8, 4) is 0 Å². The van der Waals surface area contributed by atoms with Gasteiger partial charge in [-0.05, 0) is 20.1 Å². The highest BCUT2D eigenvalue weighted by molar-refractivity contribution is 8.13. The standard InChI is InChI=1S/C12H15NO2S/c1-4-15-12(14)13-11(16-3)10-7-5-9(2)6-8-10/h5-8H,4H2,1-3H3/b13-11-. The summed E-state index contributed by atoms with van der Waals surface area (Å²) < 4.78 is 4.78. The molecule has 0 atom stereocenters. The van der Waals surface area contributed by atoms with E-state index in [2.05, 4.69) is 4.99 Å². The average Bonchev–Trinajstić information content (AvgIpc) is 2.27. The molecule has 0 N–H and O–H groups in total. The predicted molar refractivity (Wildman–Crippen MR) is 68.3 cm³/mol. The van der Waals surface area contributed by atoms with Crippen molar-refractivity contribution >= 4 is 22.9 Å². The van der Waals surface area contributed by atoms with Crippen molar-refractivity contribution in [2.45, 2.75) is 13.8 Å². The molecule has 1 amide bonds. The van der Waals surface area contributed by atoms with Crippen LogP contribution in [0.4, 0.5) is 4.79 Å². The Bertz CT molecular complexity index is 385. The van der Waals surface area contributed by atoms with Crippen molar-refractivity contribution < 1.29 is 9.53 Å². The highest BCUT2D eigenvalue weighted by Crippen LogP contribution is 2.12. The first-order valence-electron chi connectivity index (χ1n) is 5.03. The lowest BCUT2D eigenvalue weighted by atomic mass is 10.2. The van der Waals surface area contributed by atoms with Gasteiger partial charge in [0.15, 0.2) is 0 Å². The van der Waals surface area contributed by atoms with Crippen LogP contribution in [0.3, 0.4) is 0 Å². The number of thioether (sulfide) groups is 1. The first kappa shape index (κ1) is 12.8. The van der Waals surface area contributed by atoms with E-state index in [1.54, 1.807) is 6.92 Å². The average molecular weight is 237 g/mol. The number of amides is 1. The van der Waals surface area contributed by atoms with Gasteiger partial charge in [-0.3, -0.25) is 0 Å². The molecular weight excluding hydrogens is 222 g/mol. The van der Waals surface area contributed by atoms with Gasteiger partial charge in [-0.1, -0.05) is 29.8 Å². The van der Waals surface area contributed by atoms with E-state index in [-0.39, 0.29) is 0 Å². The quantitative estimate of drug-likeness (QED) is 0.585. The number of hydrogen-bond donors (Lipinski definition) is 0. The number of benzene rings is 1. The van der Waals surface area contributed by atoms with Crippen molar-refractivity contribution in [3.63, 3.8) is 0 Å². The van der Waals surface area contributed by atoms with Crippen molar-refractivity contribution in [2.24, 2.45) is 4.99 Å². The number of nitrogens with zero attached hydrogens (tertiary/aromatic N) is 1. The summed E-state index contributed by atoms with van der Waals surface area (Å²) in [7, 11) is 0. The van der Waals surface area contributed by atoms with Crippen molar-refractivity contribution in [1.82, 2.24) is 0 Å². The topological polar surface area (TPSA) is 38.7 Å². The molecule has 0 aliphatic rings. The Morgan fingerprint density at radius 2 is 2.00 bits per heavy atom. The van der Waals surface area contributed by atoms with Gasteiger partial charge in [0.25, 0.3) is 0 Å². The zero-order valence-electron chi connectivity index (χ0n) is 9.69. The summed E-state index contributed by atoms with van der Waals surface area (Å²) >= 11 is 1.43. The maximum atomic E-state index is 11.2. The fourth-order valence-corrected chi connectivity index (χ4v) is 1.70. The third kappa shape index (κ3) is 3.70. The number of carbonyl (C=O) groups excluding carboxylic acids is 1. The third-order valence-corrected chi connectivity index (χ3v) is 2.67. The number of ether oxygens (including phenoxy) is 1. The molecule has 0 saturated heterocycles. The van der Waals surface area contributed by atoms with E-state index < -0.39 is 6.09 Å². The molecule has 0 unspecified atom stereocenters. The Morgan fingerprint density at radius 1 is 1.38 bits per heavy atom. The molecule has 1 aromatic carbocycles. The van der Waals surface area contributed by atoms with Gasteiger partial charge in [0, 0.05) is 5.56 Å². The predicted octanol–water partition coefficient (Wildman–Crippen LogP) is 3.26. The fraction of sp³-hybridized carbons (Fsp3) is 0.333. The Labute approximate surface area is 99.9 Å². The lowest BCUT2D eigenvalue weighted by Gasteiger charge is -2.03. The van der Waals surface area contributed by atoms with Crippen molar-refractivity contribution in [1.29, 1.82) is 0 Å². The summed E-state index contributed by atoms with van der Waals surface area (Å²) in [4.78, 5) is 15.1. The highest BCUT2D eigenvalue weighted by Gasteiger charge is 2.05. The van der Waals surface area contributed by atoms with Crippen molar-refractivity contribution in [3.05, 3.63) is 35.4 Å². The summed E-state index contributed by atoms with van der Waals surface area (Å²) in [5.74, 6) is 0. The molecule has 0 saturated carbocycles. The number of aryl methyl sites for hydroxylation is 1. The molecule has 1 rings (SSSR count). The molecule has 0 spiro atoms. The summed E-state index contributed by atoms with van der Waals surface area (Å²) in [6.07, 6.45) is 1.35. The summed E-state index contributed by atoms with van der Waals surface area (Å²) in [5.41, 5.74) is 2.12. The minimum atomic E-state index is -0.535. The molecular formula is C12H15NO2S. The van der Waals surface area contributed by atoms with Crippen molar-refractivity contribution in [2.75, 3.05) is 12.9 Å². The number of aliphatic imine (C=N–C) groups is 1. The SMILES string of the molecule is CCOC(=O)/N=C(\SC)c1ccc(C)cc1. The van der Waals surface area contributed by atoms with Gasteiger partial charge in [-0.2, -0.15) is 4.99 Å².